The molecule has 0 amide bonds. The highest BCUT2D eigenvalue weighted by atomic mass is 32.2. The molecule has 168 valence electrons. The van der Waals surface area contributed by atoms with E-state index in [-0.39, 0.29) is 16.8 Å². The Hall–Kier alpha value is -3.58. The summed E-state index contributed by atoms with van der Waals surface area (Å²) in [5, 5.41) is 7.89. The number of ether oxygens (including phenoxy) is 3. The van der Waals surface area contributed by atoms with Crippen molar-refractivity contribution >= 4 is 49.0 Å². The SMILES string of the molecule is COc1cc(Nc2nc(N)n(-c3nc4ccc(S(C)(=O)=O)cc4s3)n2)cc(OC)c1OC. The van der Waals surface area contributed by atoms with E-state index in [2.05, 4.69) is 20.4 Å². The molecule has 4 rings (SSSR count). The number of thiazole rings is 1. The van der Waals surface area contributed by atoms with Gasteiger partial charge in [-0.2, -0.15) is 9.67 Å². The van der Waals surface area contributed by atoms with Gasteiger partial charge in [0, 0.05) is 24.1 Å². The Balaban J connectivity index is 1.68. The molecule has 2 aromatic carbocycles. The van der Waals surface area contributed by atoms with Crippen molar-refractivity contribution in [2.24, 2.45) is 0 Å². The Bertz CT molecular complexity index is 1390. The smallest absolute Gasteiger partial charge is 0.248 e. The molecule has 0 aliphatic carbocycles. The Morgan fingerprint density at radius 2 is 1.72 bits per heavy atom. The van der Waals surface area contributed by atoms with E-state index in [1.165, 1.54) is 43.4 Å². The van der Waals surface area contributed by atoms with Crippen LogP contribution in [0.5, 0.6) is 17.2 Å². The first-order chi connectivity index (χ1) is 15.2. The highest BCUT2D eigenvalue weighted by Crippen LogP contribution is 2.40. The normalized spacial score (nSPS) is 11.5. The highest BCUT2D eigenvalue weighted by Gasteiger charge is 2.17. The summed E-state index contributed by atoms with van der Waals surface area (Å²) in [4.78, 5) is 8.94. The van der Waals surface area contributed by atoms with Crippen molar-refractivity contribution in [3.63, 3.8) is 0 Å². The molecule has 0 fully saturated rings. The maximum atomic E-state index is 11.8. The summed E-state index contributed by atoms with van der Waals surface area (Å²) >= 11 is 1.25. The van der Waals surface area contributed by atoms with Crippen LogP contribution in [-0.4, -0.2) is 55.8 Å². The van der Waals surface area contributed by atoms with Crippen LogP contribution < -0.4 is 25.3 Å². The summed E-state index contributed by atoms with van der Waals surface area (Å²) in [5.41, 5.74) is 7.28. The van der Waals surface area contributed by atoms with E-state index in [9.17, 15) is 8.42 Å². The summed E-state index contributed by atoms with van der Waals surface area (Å²) in [6.07, 6.45) is 1.16. The first kappa shape index (κ1) is 21.6. The topological polar surface area (TPSA) is 143 Å². The van der Waals surface area contributed by atoms with Crippen LogP contribution >= 0.6 is 11.3 Å². The van der Waals surface area contributed by atoms with Crippen LogP contribution in [0.4, 0.5) is 17.6 Å². The number of aromatic nitrogens is 4. The van der Waals surface area contributed by atoms with E-state index in [4.69, 9.17) is 19.9 Å². The van der Waals surface area contributed by atoms with Crippen LogP contribution in [0.1, 0.15) is 0 Å². The third-order valence-electron chi connectivity index (χ3n) is 4.51. The van der Waals surface area contributed by atoms with Gasteiger partial charge in [-0.05, 0) is 18.2 Å². The molecule has 0 atom stereocenters. The summed E-state index contributed by atoms with van der Waals surface area (Å²) in [6, 6.07) is 8.16. The number of fused-ring (bicyclic) bond motifs is 1. The third kappa shape index (κ3) is 3.99. The van der Waals surface area contributed by atoms with Crippen molar-refractivity contribution in [3.05, 3.63) is 30.3 Å². The zero-order valence-electron chi connectivity index (χ0n) is 17.6. The number of nitrogens with one attached hydrogen (secondary N) is 1. The van der Waals surface area contributed by atoms with E-state index in [1.54, 1.807) is 24.3 Å². The van der Waals surface area contributed by atoms with Gasteiger partial charge in [0.25, 0.3) is 0 Å². The molecule has 0 spiro atoms. The molecule has 0 bridgehead atoms. The lowest BCUT2D eigenvalue weighted by atomic mass is 10.2. The average Bonchev–Trinajstić information content (AvgIpc) is 3.34. The Morgan fingerprint density at radius 1 is 1.03 bits per heavy atom. The van der Waals surface area contributed by atoms with Crippen LogP contribution in [0.25, 0.3) is 15.3 Å². The van der Waals surface area contributed by atoms with E-state index >= 15 is 0 Å². The molecule has 0 saturated carbocycles. The molecule has 0 aliphatic heterocycles. The number of hydrogen-bond donors (Lipinski definition) is 2. The van der Waals surface area contributed by atoms with Gasteiger partial charge in [0.2, 0.25) is 22.8 Å². The molecule has 2 heterocycles. The number of sulfone groups is 1. The lowest BCUT2D eigenvalue weighted by Gasteiger charge is -2.14. The minimum Gasteiger partial charge on any atom is -0.493 e. The molecule has 32 heavy (non-hydrogen) atoms. The van der Waals surface area contributed by atoms with Gasteiger partial charge in [0.15, 0.2) is 21.3 Å². The number of nitrogen functional groups attached to an aromatic ring is 1. The fourth-order valence-electron chi connectivity index (χ4n) is 3.01. The van der Waals surface area contributed by atoms with E-state index in [1.807, 2.05) is 0 Å². The van der Waals surface area contributed by atoms with Gasteiger partial charge in [-0.15, -0.1) is 5.10 Å². The largest absolute Gasteiger partial charge is 0.493 e. The Kier molecular flexibility index (Phi) is 5.52. The molecular formula is C19H20N6O5S2. The molecule has 0 radical (unpaired) electrons. The molecule has 3 N–H and O–H groups in total. The van der Waals surface area contributed by atoms with Crippen molar-refractivity contribution < 1.29 is 22.6 Å². The molecule has 0 unspecified atom stereocenters. The first-order valence-electron chi connectivity index (χ1n) is 9.14. The van der Waals surface area contributed by atoms with Gasteiger partial charge in [0.1, 0.15) is 0 Å². The van der Waals surface area contributed by atoms with Crippen LogP contribution in [0.2, 0.25) is 0 Å². The van der Waals surface area contributed by atoms with Gasteiger partial charge in [-0.1, -0.05) is 11.3 Å². The van der Waals surface area contributed by atoms with Crippen LogP contribution in [0.15, 0.2) is 35.2 Å². The zero-order valence-corrected chi connectivity index (χ0v) is 19.2. The van der Waals surface area contributed by atoms with E-state index < -0.39 is 9.84 Å². The molecular weight excluding hydrogens is 456 g/mol. The fourth-order valence-corrected chi connectivity index (χ4v) is 4.70. The minimum absolute atomic E-state index is 0.113. The van der Waals surface area contributed by atoms with Crippen molar-refractivity contribution in [2.75, 3.05) is 38.6 Å². The summed E-state index contributed by atoms with van der Waals surface area (Å²) < 4.78 is 41.7. The minimum atomic E-state index is -3.32. The second kappa shape index (κ2) is 8.16. The monoisotopic (exact) mass is 476 g/mol. The first-order valence-corrected chi connectivity index (χ1v) is 11.8. The maximum absolute atomic E-state index is 11.8. The summed E-state index contributed by atoms with van der Waals surface area (Å²) in [5.74, 6) is 1.74. The van der Waals surface area contributed by atoms with Gasteiger partial charge in [-0.3, -0.25) is 0 Å². The third-order valence-corrected chi connectivity index (χ3v) is 6.61. The van der Waals surface area contributed by atoms with Crippen LogP contribution in [-0.2, 0) is 9.84 Å². The quantitative estimate of drug-likeness (QED) is 0.408. The zero-order chi connectivity index (χ0) is 23.0. The highest BCUT2D eigenvalue weighted by molar-refractivity contribution is 7.90. The number of nitrogens with zero attached hydrogens (tertiary/aromatic N) is 4. The van der Waals surface area contributed by atoms with Gasteiger partial charge < -0.3 is 25.3 Å². The second-order valence-electron chi connectivity index (χ2n) is 6.64. The van der Waals surface area contributed by atoms with Gasteiger partial charge in [0.05, 0.1) is 36.4 Å². The lowest BCUT2D eigenvalue weighted by molar-refractivity contribution is 0.324. The number of hydrogen-bond acceptors (Lipinski definition) is 11. The summed E-state index contributed by atoms with van der Waals surface area (Å²) in [6.45, 7) is 0. The van der Waals surface area contributed by atoms with Crippen LogP contribution in [0.3, 0.4) is 0 Å². The van der Waals surface area contributed by atoms with Crippen molar-refractivity contribution in [1.82, 2.24) is 19.7 Å². The molecule has 11 nitrogen and oxygen atoms in total. The second-order valence-corrected chi connectivity index (χ2v) is 9.67. The Morgan fingerprint density at radius 3 is 2.31 bits per heavy atom. The number of nitrogens with two attached hydrogens (primary N) is 1. The Labute approximate surface area is 187 Å². The van der Waals surface area contributed by atoms with E-state index in [0.717, 1.165) is 6.26 Å². The van der Waals surface area contributed by atoms with E-state index in [0.29, 0.717) is 38.3 Å². The number of anilines is 3. The number of methoxy groups -OCH3 is 3. The van der Waals surface area contributed by atoms with Crippen molar-refractivity contribution in [2.45, 2.75) is 4.90 Å². The molecule has 4 aromatic rings. The molecule has 0 saturated heterocycles. The standard InChI is InChI=1S/C19H20N6O5S2/c1-28-13-7-10(8-14(29-2)16(13)30-3)21-18-23-17(20)25(24-18)19-22-12-6-5-11(32(4,26)27)9-15(12)31-19/h5-9H,1-4H3,(H3,20,21,23,24). The predicted molar refractivity (Wildman–Crippen MR) is 121 cm³/mol. The number of benzene rings is 2. The lowest BCUT2D eigenvalue weighted by Crippen LogP contribution is -2.02. The molecule has 13 heteroatoms. The van der Waals surface area contributed by atoms with Crippen molar-refractivity contribution in [1.29, 1.82) is 0 Å². The fraction of sp³-hybridized carbons (Fsp3) is 0.211. The maximum Gasteiger partial charge on any atom is 0.248 e. The van der Waals surface area contributed by atoms with Crippen molar-refractivity contribution in [3.8, 4) is 22.4 Å². The summed E-state index contributed by atoms with van der Waals surface area (Å²) in [7, 11) is 1.24. The average molecular weight is 477 g/mol. The molecule has 2 aromatic heterocycles. The predicted octanol–water partition coefficient (Wildman–Crippen LogP) is 2.63. The molecule has 0 aliphatic rings. The number of rotatable bonds is 7. The van der Waals surface area contributed by atoms with Crippen LogP contribution in [0, 0.1) is 0 Å². The van der Waals surface area contributed by atoms with Gasteiger partial charge >= 0.3 is 0 Å². The van der Waals surface area contributed by atoms with Gasteiger partial charge in [-0.25, -0.2) is 13.4 Å².